The highest BCUT2D eigenvalue weighted by Crippen LogP contribution is 2.40. The minimum Gasteiger partial charge on any atom is -0.458 e. The molecule has 19 heteroatoms. The van der Waals surface area contributed by atoms with Crippen molar-refractivity contribution in [3.8, 4) is 11.3 Å². The van der Waals surface area contributed by atoms with Crippen molar-refractivity contribution in [1.29, 1.82) is 0 Å². The Morgan fingerprint density at radius 1 is 1.03 bits per heavy atom. The van der Waals surface area contributed by atoms with Crippen LogP contribution in [0.2, 0.25) is 0 Å². The number of fused-ring (bicyclic) bond motifs is 1. The van der Waals surface area contributed by atoms with Crippen LogP contribution < -0.4 is 10.9 Å². The molecule has 14 atom stereocenters. The fourth-order valence-electron chi connectivity index (χ4n) is 9.42. The quantitative estimate of drug-likeness (QED) is 0.161. The predicted octanol–water partition coefficient (Wildman–Crippen LogP) is 3.44. The van der Waals surface area contributed by atoms with Crippen LogP contribution in [0.15, 0.2) is 30.5 Å². The monoisotopic (exact) mass is 888 g/mol. The smallest absolute Gasteiger partial charge is 0.458 e. The number of carbonyl (C=O) groups is 4. The van der Waals surface area contributed by atoms with Gasteiger partial charge in [-0.05, 0) is 92.9 Å². The van der Waals surface area contributed by atoms with Gasteiger partial charge in [0.2, 0.25) is 0 Å². The van der Waals surface area contributed by atoms with Gasteiger partial charge in [-0.15, -0.1) is 5.10 Å². The minimum absolute atomic E-state index is 0.145. The second-order valence-corrected chi connectivity index (χ2v) is 18.4. The van der Waals surface area contributed by atoms with Crippen molar-refractivity contribution in [1.82, 2.24) is 35.6 Å². The summed E-state index contributed by atoms with van der Waals surface area (Å²) in [7, 11) is 5.57. The van der Waals surface area contributed by atoms with Crippen LogP contribution in [0.4, 0.5) is 9.59 Å². The Balaban J connectivity index is 1.44. The summed E-state index contributed by atoms with van der Waals surface area (Å²) in [6.07, 6.45) is -5.69. The lowest BCUT2D eigenvalue weighted by Crippen LogP contribution is -2.59. The molecule has 63 heavy (non-hydrogen) atoms. The van der Waals surface area contributed by atoms with E-state index in [0.717, 1.165) is 12.0 Å². The number of rotatable bonds is 9. The molecule has 0 bridgehead atoms. The summed E-state index contributed by atoms with van der Waals surface area (Å²) in [4.78, 5) is 57.7. The van der Waals surface area contributed by atoms with Crippen molar-refractivity contribution in [2.45, 2.75) is 161 Å². The molecule has 352 valence electrons. The largest absolute Gasteiger partial charge is 0.509 e. The van der Waals surface area contributed by atoms with E-state index in [1.807, 2.05) is 76.0 Å². The van der Waals surface area contributed by atoms with Crippen LogP contribution >= 0.6 is 0 Å². The molecule has 3 saturated heterocycles. The maximum atomic E-state index is 14.4. The highest BCUT2D eigenvalue weighted by Gasteiger charge is 2.58. The number of hydrazine groups is 1. The van der Waals surface area contributed by atoms with Crippen LogP contribution in [0, 0.1) is 17.8 Å². The summed E-state index contributed by atoms with van der Waals surface area (Å²) in [6.45, 7) is 16.1. The van der Waals surface area contributed by atoms with Crippen LogP contribution in [0.25, 0.3) is 11.3 Å². The number of hydrogen-bond donors (Lipinski definition) is 4. The van der Waals surface area contributed by atoms with Crippen LogP contribution in [-0.2, 0) is 51.0 Å². The van der Waals surface area contributed by atoms with Crippen LogP contribution in [0.1, 0.15) is 87.1 Å². The first-order valence-electron chi connectivity index (χ1n) is 22.0. The molecule has 0 aliphatic carbocycles. The fourth-order valence-corrected chi connectivity index (χ4v) is 9.42. The van der Waals surface area contributed by atoms with E-state index in [0.29, 0.717) is 18.7 Å². The summed E-state index contributed by atoms with van der Waals surface area (Å²) < 4.78 is 37.8. The molecule has 1 aromatic carbocycles. The third-order valence-electron chi connectivity index (χ3n) is 12.9. The van der Waals surface area contributed by atoms with Gasteiger partial charge in [-0.3, -0.25) is 19.9 Å². The minimum atomic E-state index is -1.69. The molecule has 2 amide bonds. The third-order valence-corrected chi connectivity index (χ3v) is 12.9. The van der Waals surface area contributed by atoms with Crippen molar-refractivity contribution >= 4 is 24.1 Å². The van der Waals surface area contributed by atoms with Gasteiger partial charge in [-0.25, -0.2) is 19.7 Å². The van der Waals surface area contributed by atoms with E-state index in [9.17, 15) is 29.4 Å². The zero-order chi connectivity index (χ0) is 46.6. The molecule has 3 fully saturated rings. The molecule has 0 spiro atoms. The Labute approximate surface area is 370 Å². The molecule has 5 rings (SSSR count). The number of aliphatic hydroxyl groups is 2. The molecule has 3 aliphatic rings. The first-order valence-corrected chi connectivity index (χ1v) is 22.0. The van der Waals surface area contributed by atoms with Gasteiger partial charge in [0, 0.05) is 30.1 Å². The fraction of sp³-hybridized carbons (Fsp3) is 0.727. The number of likely N-dealkylation sites (N-methyl/N-ethyl adjacent to an activating group) is 2. The van der Waals surface area contributed by atoms with Crippen molar-refractivity contribution in [3.63, 3.8) is 0 Å². The van der Waals surface area contributed by atoms with Crippen molar-refractivity contribution in [2.24, 2.45) is 17.8 Å². The van der Waals surface area contributed by atoms with Gasteiger partial charge >= 0.3 is 18.2 Å². The average molecular weight is 888 g/mol. The Bertz CT molecular complexity index is 1880. The Kier molecular flexibility index (Phi) is 16.2. The van der Waals surface area contributed by atoms with Gasteiger partial charge in [0.15, 0.2) is 18.0 Å². The number of aryl methyl sites for hydroxylation is 1. The molecule has 1 aromatic heterocycles. The maximum absolute atomic E-state index is 14.4. The van der Waals surface area contributed by atoms with E-state index >= 15 is 0 Å². The van der Waals surface area contributed by atoms with E-state index in [1.165, 1.54) is 17.2 Å². The maximum Gasteiger partial charge on any atom is 0.509 e. The standard InChI is InChI=1S/C44H69N7O12/c1-13-29-15-17-30(18-16-29)31-22-51(48-45-31)23-34(52)46-47-41(55)60-36-26(5)37(61-40-35(53)32(49(10)11)19-25(4)58-40)43(8,57)20-24(3)21-50(12)28(7)38-44(9,63-42(56)62-38)33(14-2)59-39(54)27(36)6/h15-18,22,24-28,32-33,35-38,40,53,57H,13-14,19-21,23H2,1-12H3,(H,46,52)(H,47,55)/t24-,25-,26+,27-,28-,32+,33-,35-,36+,37-,38-,40+,43-,44-/m1/s1. The lowest BCUT2D eigenvalue weighted by Gasteiger charge is -2.47. The highest BCUT2D eigenvalue weighted by molar-refractivity contribution is 5.79. The summed E-state index contributed by atoms with van der Waals surface area (Å²) in [5.41, 5.74) is 4.07. The molecule has 3 aliphatic heterocycles. The molecule has 19 nitrogen and oxygen atoms in total. The zero-order valence-electron chi connectivity index (χ0n) is 38.8. The number of carbonyl (C=O) groups excluding carboxylic acids is 4. The van der Waals surface area contributed by atoms with Crippen LogP contribution in [-0.4, -0.2) is 153 Å². The number of nitrogens with zero attached hydrogens (tertiary/aromatic N) is 5. The number of ether oxygens (including phenoxy) is 6. The molecule has 0 saturated carbocycles. The molecule has 4 N–H and O–H groups in total. The lowest BCUT2D eigenvalue weighted by molar-refractivity contribution is -0.299. The zero-order valence-corrected chi connectivity index (χ0v) is 38.8. The normalized spacial score (nSPS) is 35.9. The number of nitrogens with one attached hydrogen (secondary N) is 2. The van der Waals surface area contributed by atoms with E-state index in [-0.39, 0.29) is 37.5 Å². The molecule has 2 aromatic rings. The van der Waals surface area contributed by atoms with Crippen molar-refractivity contribution < 1.29 is 57.8 Å². The summed E-state index contributed by atoms with van der Waals surface area (Å²) in [5, 5.41) is 32.3. The second-order valence-electron chi connectivity index (χ2n) is 18.4. The van der Waals surface area contributed by atoms with E-state index in [4.69, 9.17) is 28.4 Å². The molecule has 0 unspecified atom stereocenters. The first kappa shape index (κ1) is 49.6. The van der Waals surface area contributed by atoms with E-state index in [1.54, 1.807) is 33.9 Å². The van der Waals surface area contributed by atoms with Gasteiger partial charge in [0.25, 0.3) is 5.91 Å². The van der Waals surface area contributed by atoms with Gasteiger partial charge < -0.3 is 43.5 Å². The SMILES string of the molecule is CCc1ccc(-c2cn(CC(=O)NNC(=O)O[C@H]3[C@H](C)[C@@H](O[C@@H]4O[C@H](C)C[C@H](N(C)C)[C@H]4O)[C@](C)(O)C[C@@H](C)CN(C)[C@H](C)[C@H]4OC(=O)O[C@]4(C)[C@@H](CC)OC(=O)[C@@H]3C)nn2)cc1. The third kappa shape index (κ3) is 11.7. The Morgan fingerprint density at radius 3 is 2.35 bits per heavy atom. The average Bonchev–Trinajstić information content (AvgIpc) is 3.82. The van der Waals surface area contributed by atoms with Crippen LogP contribution in [0.3, 0.4) is 0 Å². The molecule has 4 heterocycles. The summed E-state index contributed by atoms with van der Waals surface area (Å²) in [6, 6.07) is 7.08. The highest BCUT2D eigenvalue weighted by atomic mass is 16.8. The first-order chi connectivity index (χ1) is 29.6. The summed E-state index contributed by atoms with van der Waals surface area (Å²) >= 11 is 0. The van der Waals surface area contributed by atoms with E-state index < -0.39 is 90.0 Å². The number of hydrogen-bond acceptors (Lipinski definition) is 16. The van der Waals surface area contributed by atoms with Crippen molar-refractivity contribution in [3.05, 3.63) is 36.0 Å². The Hall–Kier alpha value is -4.40. The summed E-state index contributed by atoms with van der Waals surface area (Å²) in [5.74, 6) is -3.88. The number of esters is 1. The van der Waals surface area contributed by atoms with Gasteiger partial charge in [0.05, 0.1) is 29.9 Å². The number of amides is 2. The van der Waals surface area contributed by atoms with E-state index in [2.05, 4.69) is 28.1 Å². The van der Waals surface area contributed by atoms with Gasteiger partial charge in [-0.1, -0.05) is 57.2 Å². The topological polar surface area (TPSA) is 225 Å². The Morgan fingerprint density at radius 2 is 1.71 bits per heavy atom. The molecule has 0 radical (unpaired) electrons. The number of aliphatic hydroxyl groups excluding tert-OH is 1. The predicted molar refractivity (Wildman–Crippen MR) is 228 cm³/mol. The number of benzene rings is 1. The van der Waals surface area contributed by atoms with Crippen molar-refractivity contribution in [2.75, 3.05) is 27.7 Å². The molecular weight excluding hydrogens is 819 g/mol. The van der Waals surface area contributed by atoms with Gasteiger partial charge in [0.1, 0.15) is 30.6 Å². The number of aromatic nitrogens is 3. The lowest BCUT2D eigenvalue weighted by atomic mass is 9.77. The molecular formula is C44H69N7O12. The van der Waals surface area contributed by atoms with Crippen LogP contribution in [0.5, 0.6) is 0 Å². The number of cyclic esters (lactones) is 1. The van der Waals surface area contributed by atoms with Gasteiger partial charge in [-0.2, -0.15) is 0 Å². The second kappa shape index (κ2) is 20.6.